The van der Waals surface area contributed by atoms with E-state index in [-0.39, 0.29) is 27.5 Å². The fourth-order valence-corrected chi connectivity index (χ4v) is 5.36. The number of ether oxygens (including phenoxy) is 1. The fraction of sp³-hybridized carbons (Fsp3) is 0.318. The molecular weight excluding hydrogens is 450 g/mol. The molecule has 0 saturated carbocycles. The summed E-state index contributed by atoms with van der Waals surface area (Å²) in [6, 6.07) is 13.9. The average molecular weight is 474 g/mol. The predicted octanol–water partition coefficient (Wildman–Crippen LogP) is 3.29. The third-order valence-electron chi connectivity index (χ3n) is 5.11. The molecule has 168 valence electrons. The molecule has 3 aromatic rings. The molecule has 2 heterocycles. The molecule has 2 aromatic carbocycles. The smallest absolute Gasteiger partial charge is 0.277 e. The molecule has 1 aromatic heterocycles. The first-order valence-electron chi connectivity index (χ1n) is 10.2. The van der Waals surface area contributed by atoms with E-state index in [0.29, 0.717) is 37.4 Å². The Morgan fingerprint density at radius 2 is 1.84 bits per heavy atom. The number of sulfonamides is 1. The van der Waals surface area contributed by atoms with E-state index in [1.165, 1.54) is 15.9 Å². The standard InChI is InChI=1S/C22H23N3O5S2/c1-2-16-6-8-17(9-7-16)20(26)15-31-22-24-23-21(30-22)18-4-3-5-19(14-18)32(27,28)25-10-12-29-13-11-25/h3-9,14H,2,10-13,15H2,1H3. The summed E-state index contributed by atoms with van der Waals surface area (Å²) in [6.07, 6.45) is 0.920. The van der Waals surface area contributed by atoms with Crippen LogP contribution in [0.4, 0.5) is 0 Å². The van der Waals surface area contributed by atoms with Gasteiger partial charge in [0.25, 0.3) is 5.22 Å². The van der Waals surface area contributed by atoms with Gasteiger partial charge in [0, 0.05) is 24.2 Å². The van der Waals surface area contributed by atoms with Gasteiger partial charge in [-0.25, -0.2) is 8.42 Å². The number of carbonyl (C=O) groups excluding carboxylic acids is 1. The number of morpholine rings is 1. The van der Waals surface area contributed by atoms with Crippen LogP contribution in [0.5, 0.6) is 0 Å². The Balaban J connectivity index is 1.44. The summed E-state index contributed by atoms with van der Waals surface area (Å²) < 4.78 is 38.1. The van der Waals surface area contributed by atoms with Crippen molar-refractivity contribution in [2.75, 3.05) is 32.1 Å². The number of carbonyl (C=O) groups is 1. The highest BCUT2D eigenvalue weighted by Crippen LogP contribution is 2.27. The lowest BCUT2D eigenvalue weighted by Gasteiger charge is -2.26. The van der Waals surface area contributed by atoms with E-state index in [1.54, 1.807) is 18.2 Å². The Morgan fingerprint density at radius 1 is 1.09 bits per heavy atom. The third kappa shape index (κ3) is 5.09. The summed E-state index contributed by atoms with van der Waals surface area (Å²) in [7, 11) is -3.63. The summed E-state index contributed by atoms with van der Waals surface area (Å²) in [5.41, 5.74) is 2.31. The van der Waals surface area contributed by atoms with E-state index < -0.39 is 10.0 Å². The van der Waals surface area contributed by atoms with Gasteiger partial charge in [0.1, 0.15) is 0 Å². The lowest BCUT2D eigenvalue weighted by Crippen LogP contribution is -2.40. The molecule has 0 radical (unpaired) electrons. The summed E-state index contributed by atoms with van der Waals surface area (Å²) in [5, 5.41) is 8.25. The first kappa shape index (κ1) is 22.7. The molecule has 8 nitrogen and oxygen atoms in total. The fourth-order valence-electron chi connectivity index (χ4n) is 3.25. The number of thioether (sulfide) groups is 1. The number of hydrogen-bond acceptors (Lipinski definition) is 8. The van der Waals surface area contributed by atoms with Crippen LogP contribution in [0.1, 0.15) is 22.8 Å². The molecule has 0 bridgehead atoms. The Kier molecular flexibility index (Phi) is 7.04. The minimum absolute atomic E-state index is 0.0315. The van der Waals surface area contributed by atoms with E-state index in [4.69, 9.17) is 9.15 Å². The molecule has 0 aliphatic carbocycles. The summed E-state index contributed by atoms with van der Waals surface area (Å²) in [5.74, 6) is 0.334. The van der Waals surface area contributed by atoms with Crippen molar-refractivity contribution in [1.82, 2.24) is 14.5 Å². The molecule has 1 saturated heterocycles. The van der Waals surface area contributed by atoms with Crippen molar-refractivity contribution >= 4 is 27.6 Å². The van der Waals surface area contributed by atoms with Crippen LogP contribution in [0.2, 0.25) is 0 Å². The number of benzene rings is 2. The molecular formula is C22H23N3O5S2. The zero-order valence-corrected chi connectivity index (χ0v) is 19.2. The predicted molar refractivity (Wildman–Crippen MR) is 120 cm³/mol. The molecule has 32 heavy (non-hydrogen) atoms. The summed E-state index contributed by atoms with van der Waals surface area (Å²) in [4.78, 5) is 12.6. The van der Waals surface area contributed by atoms with Gasteiger partial charge in [-0.2, -0.15) is 4.31 Å². The van der Waals surface area contributed by atoms with Crippen molar-refractivity contribution in [3.8, 4) is 11.5 Å². The van der Waals surface area contributed by atoms with Crippen molar-refractivity contribution in [2.24, 2.45) is 0 Å². The number of hydrogen-bond donors (Lipinski definition) is 0. The topological polar surface area (TPSA) is 103 Å². The second-order valence-electron chi connectivity index (χ2n) is 7.18. The minimum atomic E-state index is -3.63. The molecule has 1 aliphatic heterocycles. The lowest BCUT2D eigenvalue weighted by atomic mass is 10.1. The van der Waals surface area contributed by atoms with E-state index in [9.17, 15) is 13.2 Å². The maximum Gasteiger partial charge on any atom is 0.277 e. The van der Waals surface area contributed by atoms with Crippen LogP contribution < -0.4 is 0 Å². The zero-order valence-electron chi connectivity index (χ0n) is 17.6. The molecule has 0 N–H and O–H groups in total. The van der Waals surface area contributed by atoms with Gasteiger partial charge in [0.2, 0.25) is 15.9 Å². The highest BCUT2D eigenvalue weighted by molar-refractivity contribution is 7.99. The normalized spacial score (nSPS) is 15.0. The maximum absolute atomic E-state index is 12.9. The molecule has 0 spiro atoms. The van der Waals surface area contributed by atoms with Crippen molar-refractivity contribution in [2.45, 2.75) is 23.5 Å². The van der Waals surface area contributed by atoms with E-state index in [0.717, 1.165) is 18.2 Å². The van der Waals surface area contributed by atoms with Gasteiger partial charge in [-0.15, -0.1) is 10.2 Å². The number of ketones is 1. The molecule has 10 heteroatoms. The van der Waals surface area contributed by atoms with Crippen LogP contribution in [0.15, 0.2) is 63.1 Å². The van der Waals surface area contributed by atoms with Gasteiger partial charge in [0.15, 0.2) is 5.78 Å². The molecule has 1 aliphatic rings. The summed E-state index contributed by atoms with van der Waals surface area (Å²) >= 11 is 1.15. The first-order chi connectivity index (χ1) is 15.5. The van der Waals surface area contributed by atoms with E-state index >= 15 is 0 Å². The van der Waals surface area contributed by atoms with Crippen LogP contribution in [0, 0.1) is 0 Å². The number of aryl methyl sites for hydroxylation is 1. The van der Waals surface area contributed by atoms with Gasteiger partial charge in [-0.05, 0) is 30.2 Å². The zero-order chi connectivity index (χ0) is 22.6. The number of nitrogens with zero attached hydrogens (tertiary/aromatic N) is 3. The van der Waals surface area contributed by atoms with Gasteiger partial charge < -0.3 is 9.15 Å². The van der Waals surface area contributed by atoms with Crippen LogP contribution >= 0.6 is 11.8 Å². The maximum atomic E-state index is 12.9. The number of rotatable bonds is 8. The molecule has 4 rings (SSSR count). The quantitative estimate of drug-likeness (QED) is 0.363. The Morgan fingerprint density at radius 3 is 2.56 bits per heavy atom. The molecule has 0 atom stereocenters. The second-order valence-corrected chi connectivity index (χ2v) is 10.0. The monoisotopic (exact) mass is 473 g/mol. The Bertz CT molecular complexity index is 1190. The SMILES string of the molecule is CCc1ccc(C(=O)CSc2nnc(-c3cccc(S(=O)(=O)N4CCOCC4)c3)o2)cc1. The van der Waals surface area contributed by atoms with Gasteiger partial charge in [-0.1, -0.05) is 49.0 Å². The van der Waals surface area contributed by atoms with Gasteiger partial charge in [0.05, 0.1) is 23.9 Å². The number of aromatic nitrogens is 2. The minimum Gasteiger partial charge on any atom is -0.411 e. The van der Waals surface area contributed by atoms with Gasteiger partial charge in [-0.3, -0.25) is 4.79 Å². The van der Waals surface area contributed by atoms with Crippen LogP contribution in [0.3, 0.4) is 0 Å². The van der Waals surface area contributed by atoms with E-state index in [1.807, 2.05) is 24.3 Å². The van der Waals surface area contributed by atoms with Crippen LogP contribution in [0.25, 0.3) is 11.5 Å². The first-order valence-corrected chi connectivity index (χ1v) is 12.7. The van der Waals surface area contributed by atoms with Crippen LogP contribution in [-0.4, -0.2) is 60.8 Å². The number of Topliss-reactive ketones (excluding diaryl/α,β-unsaturated/α-hetero) is 1. The van der Waals surface area contributed by atoms with Gasteiger partial charge >= 0.3 is 0 Å². The molecule has 1 fully saturated rings. The van der Waals surface area contributed by atoms with E-state index in [2.05, 4.69) is 17.1 Å². The van der Waals surface area contributed by atoms with Crippen molar-refractivity contribution in [3.63, 3.8) is 0 Å². The second kappa shape index (κ2) is 9.95. The highest BCUT2D eigenvalue weighted by Gasteiger charge is 2.27. The summed E-state index contributed by atoms with van der Waals surface area (Å²) in [6.45, 7) is 3.47. The average Bonchev–Trinajstić information content (AvgIpc) is 3.32. The molecule has 0 unspecified atom stereocenters. The largest absolute Gasteiger partial charge is 0.411 e. The van der Waals surface area contributed by atoms with Crippen LogP contribution in [-0.2, 0) is 21.2 Å². The highest BCUT2D eigenvalue weighted by atomic mass is 32.2. The van der Waals surface area contributed by atoms with Crippen molar-refractivity contribution in [3.05, 3.63) is 59.7 Å². The Hall–Kier alpha value is -2.53. The molecule has 0 amide bonds. The third-order valence-corrected chi connectivity index (χ3v) is 7.82. The van der Waals surface area contributed by atoms with Crippen molar-refractivity contribution < 1.29 is 22.4 Å². The van der Waals surface area contributed by atoms with Crippen molar-refractivity contribution in [1.29, 1.82) is 0 Å². The Labute approximate surface area is 191 Å². The lowest BCUT2D eigenvalue weighted by molar-refractivity contribution is 0.0730.